The van der Waals surface area contributed by atoms with Gasteiger partial charge in [-0.1, -0.05) is 121 Å². The Bertz CT molecular complexity index is 2900. The first kappa shape index (κ1) is 56.3. The van der Waals surface area contributed by atoms with Crippen LogP contribution in [0.5, 0.6) is 5.75 Å². The number of pyridine rings is 1. The van der Waals surface area contributed by atoms with Crippen LogP contribution in [0.1, 0.15) is 116 Å². The van der Waals surface area contributed by atoms with Crippen molar-refractivity contribution in [2.75, 3.05) is 44.9 Å². The summed E-state index contributed by atoms with van der Waals surface area (Å²) in [6.45, 7) is 2.73. The highest BCUT2D eigenvalue weighted by molar-refractivity contribution is 7.20. The van der Waals surface area contributed by atoms with Gasteiger partial charge >= 0.3 is 0 Å². The summed E-state index contributed by atoms with van der Waals surface area (Å²) < 4.78 is 5.55. The van der Waals surface area contributed by atoms with Crippen molar-refractivity contribution < 1.29 is 33.5 Å². The first-order valence-corrected chi connectivity index (χ1v) is 28.0. The maximum absolute atomic E-state index is 14.3. The van der Waals surface area contributed by atoms with Crippen molar-refractivity contribution in [1.29, 1.82) is 0 Å². The molecule has 77 heavy (non-hydrogen) atoms. The molecule has 1 saturated heterocycles. The Labute approximate surface area is 460 Å². The van der Waals surface area contributed by atoms with Crippen LogP contribution >= 0.6 is 22.9 Å². The summed E-state index contributed by atoms with van der Waals surface area (Å²) in [7, 11) is 4.99. The summed E-state index contributed by atoms with van der Waals surface area (Å²) in [5.74, 6) is -0.101. The molecule has 18 heteroatoms. The number of hydrogen-bond donors (Lipinski definition) is 5. The molecule has 3 aromatic carbocycles. The number of rotatable bonds is 22. The fraction of sp³-hybridized carbons (Fsp3) is 0.424. The summed E-state index contributed by atoms with van der Waals surface area (Å²) in [4.78, 5) is 93.9. The Morgan fingerprint density at radius 3 is 2.40 bits per heavy atom. The third-order valence-corrected chi connectivity index (χ3v) is 16.2. The van der Waals surface area contributed by atoms with Gasteiger partial charge in [0.15, 0.2) is 5.13 Å². The van der Waals surface area contributed by atoms with Gasteiger partial charge < -0.3 is 41.1 Å². The first-order chi connectivity index (χ1) is 37.3. The normalized spacial score (nSPS) is 18.2. The minimum Gasteiger partial charge on any atom is -0.495 e. The second-order valence-corrected chi connectivity index (χ2v) is 21.9. The Morgan fingerprint density at radius 1 is 0.909 bits per heavy atom. The van der Waals surface area contributed by atoms with Crippen LogP contribution in [0.4, 0.5) is 10.1 Å². The molecule has 2 saturated carbocycles. The number of amides is 6. The molecule has 406 valence electrons. The number of methoxy groups -OCH3 is 1. The van der Waals surface area contributed by atoms with Crippen molar-refractivity contribution in [3.63, 3.8) is 0 Å². The Balaban J connectivity index is 0.808. The molecular formula is C59H70ClN9O7S. The van der Waals surface area contributed by atoms with Gasteiger partial charge in [0.05, 0.1) is 25.8 Å². The number of carbonyl (C=O) groups excluding carboxylic acids is 6. The fourth-order valence-corrected chi connectivity index (χ4v) is 11.4. The van der Waals surface area contributed by atoms with Gasteiger partial charge in [0.25, 0.3) is 5.91 Å². The molecule has 8 rings (SSSR count). The van der Waals surface area contributed by atoms with E-state index in [1.54, 1.807) is 50.2 Å². The molecule has 3 atom stereocenters. The van der Waals surface area contributed by atoms with Gasteiger partial charge in [0, 0.05) is 49.3 Å². The predicted octanol–water partition coefficient (Wildman–Crippen LogP) is 9.03. The van der Waals surface area contributed by atoms with Gasteiger partial charge in [-0.25, -0.2) is 9.97 Å². The van der Waals surface area contributed by atoms with Crippen LogP contribution in [0.25, 0.3) is 17.3 Å². The van der Waals surface area contributed by atoms with Crippen LogP contribution in [-0.4, -0.2) is 108 Å². The number of nitrogens with zero attached hydrogens (tertiary/aromatic N) is 4. The number of likely N-dealkylation sites (tertiary alicyclic amines) is 1. The number of nitrogens with one attached hydrogen (secondary N) is 5. The predicted molar refractivity (Wildman–Crippen MR) is 301 cm³/mol. The molecule has 5 N–H and O–H groups in total. The Morgan fingerprint density at radius 2 is 1.66 bits per heavy atom. The number of halogens is 1. The summed E-state index contributed by atoms with van der Waals surface area (Å²) in [5, 5.41) is 16.4. The van der Waals surface area contributed by atoms with E-state index in [0.717, 1.165) is 83.6 Å². The molecule has 5 aromatic rings. The zero-order valence-electron chi connectivity index (χ0n) is 44.3. The van der Waals surface area contributed by atoms with E-state index in [4.69, 9.17) is 21.3 Å². The maximum Gasteiger partial charge on any atom is 0.270 e. The third kappa shape index (κ3) is 15.0. The van der Waals surface area contributed by atoms with Gasteiger partial charge in [-0.15, -0.1) is 0 Å². The Kier molecular flexibility index (Phi) is 19.6. The number of allylic oxidation sites excluding steroid dienone is 1. The minimum absolute atomic E-state index is 0.00783. The lowest BCUT2D eigenvalue weighted by molar-refractivity contribution is -0.142. The lowest BCUT2D eigenvalue weighted by Crippen LogP contribution is -2.57. The van der Waals surface area contributed by atoms with Gasteiger partial charge in [-0.2, -0.15) is 0 Å². The lowest BCUT2D eigenvalue weighted by atomic mass is 9.71. The average molecular weight is 1080 g/mol. The molecule has 0 bridgehead atoms. The second-order valence-electron chi connectivity index (χ2n) is 20.4. The quantitative estimate of drug-likeness (QED) is 0.0445. The topological polar surface area (TPSA) is 204 Å². The molecule has 1 aliphatic heterocycles. The molecular weight excluding hydrogens is 1010 g/mol. The zero-order chi connectivity index (χ0) is 54.4. The number of likely N-dealkylation sites (N-methyl/N-ethyl adjacent to an activating group) is 2. The van der Waals surface area contributed by atoms with Crippen molar-refractivity contribution in [3.8, 4) is 17.0 Å². The molecule has 0 spiro atoms. The van der Waals surface area contributed by atoms with E-state index in [9.17, 15) is 28.8 Å². The largest absolute Gasteiger partial charge is 0.495 e. The van der Waals surface area contributed by atoms with Crippen LogP contribution in [0.15, 0.2) is 97.2 Å². The van der Waals surface area contributed by atoms with Gasteiger partial charge in [-0.05, 0) is 112 Å². The highest BCUT2D eigenvalue weighted by Gasteiger charge is 2.41. The van der Waals surface area contributed by atoms with Crippen molar-refractivity contribution in [2.45, 2.75) is 115 Å². The standard InChI is InChI=1S/C59H70ClN9O7S/c1-37(61-2)54(72)65-53(43-18-9-6-10-19-43)58(75)69-29-12-20-48(69)56(74)67-57-52(42-16-7-5-8-17-42)66-59(77-57)64-50(70)21-13-28-68(3)51(71)33-38-14-11-15-40(30-38)35-63-55(73)47-34-44(49(76-4)36-62-47)23-22-39-31-45(32-39)41-24-26-46(60)27-25-41/h5,7-8,11,14-17,22-27,30,34,36-37,39,43,45,48,53,61H,6,9-10,12-13,18-21,28-29,31-33,35H2,1-4H3,(H,63,73)(H,65,72)(H,67,74)(H,64,66,70)/b23-22+/t37-,39?,45?,48-,53-/m0/s1. The molecule has 2 aliphatic carbocycles. The van der Waals surface area contributed by atoms with E-state index in [1.807, 2.05) is 72.8 Å². The monoisotopic (exact) mass is 1080 g/mol. The SMILES string of the molecule is CN[C@@H](C)C(=O)N[C@H](C(=O)N1CCC[C@H]1C(=O)Nc1sc(NC(=O)CCCN(C)C(=O)Cc2cccc(CNC(=O)c3cc(/C=C/C4CC(c5ccc(Cl)cc5)C4)c(OC)cn3)c2)nc1-c1ccccc1)C1CCCCC1. The van der Waals surface area contributed by atoms with Crippen LogP contribution in [0.2, 0.25) is 5.02 Å². The zero-order valence-corrected chi connectivity index (χ0v) is 45.9. The van der Waals surface area contributed by atoms with Crippen molar-refractivity contribution >= 4 is 74.6 Å². The van der Waals surface area contributed by atoms with E-state index in [2.05, 4.69) is 49.8 Å². The van der Waals surface area contributed by atoms with Gasteiger partial charge in [0.2, 0.25) is 29.5 Å². The maximum atomic E-state index is 14.3. The number of benzene rings is 3. The molecule has 6 amide bonds. The molecule has 0 unspecified atom stereocenters. The molecule has 0 radical (unpaired) electrons. The van der Waals surface area contributed by atoms with Gasteiger partial charge in [-0.3, -0.25) is 28.8 Å². The Hall–Kier alpha value is -6.95. The summed E-state index contributed by atoms with van der Waals surface area (Å²) in [6.07, 6.45) is 14.3. The van der Waals surface area contributed by atoms with Crippen molar-refractivity contribution in [3.05, 3.63) is 130 Å². The number of hydrogen-bond acceptors (Lipinski definition) is 11. The first-order valence-electron chi connectivity index (χ1n) is 26.8. The van der Waals surface area contributed by atoms with Crippen molar-refractivity contribution in [1.82, 2.24) is 35.7 Å². The number of aromatic nitrogens is 2. The van der Waals surface area contributed by atoms with Crippen LogP contribution in [0, 0.1) is 11.8 Å². The lowest BCUT2D eigenvalue weighted by Gasteiger charge is -2.35. The minimum atomic E-state index is -0.744. The molecule has 2 aromatic heterocycles. The van der Waals surface area contributed by atoms with E-state index in [1.165, 1.54) is 5.56 Å². The number of anilines is 2. The van der Waals surface area contributed by atoms with E-state index >= 15 is 0 Å². The highest BCUT2D eigenvalue weighted by Crippen LogP contribution is 2.43. The van der Waals surface area contributed by atoms with Crippen LogP contribution in [0.3, 0.4) is 0 Å². The third-order valence-electron chi connectivity index (χ3n) is 15.0. The molecule has 3 aliphatic rings. The fourth-order valence-electron chi connectivity index (χ4n) is 10.3. The number of carbonyl (C=O) groups is 6. The number of thiazole rings is 1. The summed E-state index contributed by atoms with van der Waals surface area (Å²) >= 11 is 7.21. The second kappa shape index (κ2) is 26.9. The van der Waals surface area contributed by atoms with Crippen LogP contribution in [-0.2, 0) is 36.9 Å². The molecule has 3 fully saturated rings. The molecule has 3 heterocycles. The van der Waals surface area contributed by atoms with E-state index < -0.39 is 18.1 Å². The summed E-state index contributed by atoms with van der Waals surface area (Å²) in [6, 6.07) is 24.7. The van der Waals surface area contributed by atoms with E-state index in [0.29, 0.717) is 65.8 Å². The number of ether oxygens (including phenoxy) is 1. The van der Waals surface area contributed by atoms with E-state index in [-0.39, 0.29) is 66.4 Å². The smallest absolute Gasteiger partial charge is 0.270 e. The highest BCUT2D eigenvalue weighted by atomic mass is 35.5. The van der Waals surface area contributed by atoms with Crippen molar-refractivity contribution in [2.24, 2.45) is 11.8 Å². The average Bonchev–Trinajstić information content (AvgIpc) is 4.10. The molecule has 16 nitrogen and oxygen atoms in total. The summed E-state index contributed by atoms with van der Waals surface area (Å²) in [5.41, 5.74) is 5.17. The van der Waals surface area contributed by atoms with Gasteiger partial charge in [0.1, 0.15) is 34.2 Å². The van der Waals surface area contributed by atoms with Crippen LogP contribution < -0.4 is 31.3 Å².